The van der Waals surface area contributed by atoms with E-state index in [0.717, 1.165) is 6.42 Å². The average molecular weight is 401 g/mol. The van der Waals surface area contributed by atoms with Gasteiger partial charge in [-0.05, 0) is 144 Å². The molecule has 0 atom stereocenters. The van der Waals surface area contributed by atoms with Crippen molar-refractivity contribution in [1.82, 2.24) is 0 Å². The Kier molecular flexibility index (Phi) is 7.70. The summed E-state index contributed by atoms with van der Waals surface area (Å²) < 4.78 is 0. The van der Waals surface area contributed by atoms with Crippen LogP contribution in [0.25, 0.3) is 5.57 Å². The first kappa shape index (κ1) is 23.9. The van der Waals surface area contributed by atoms with Gasteiger partial charge in [-0.15, -0.1) is 0 Å². The van der Waals surface area contributed by atoms with E-state index in [2.05, 4.69) is 107 Å². The van der Waals surface area contributed by atoms with Crippen LogP contribution in [-0.2, 0) is 0 Å². The van der Waals surface area contributed by atoms with E-state index in [1.807, 2.05) is 0 Å². The summed E-state index contributed by atoms with van der Waals surface area (Å²) in [5, 5.41) is 0. The molecular formula is C30H40. The molecule has 0 aromatic heterocycles. The fourth-order valence-corrected chi connectivity index (χ4v) is 4.40. The van der Waals surface area contributed by atoms with E-state index >= 15 is 0 Å². The third-order valence-corrected chi connectivity index (χ3v) is 6.72. The number of hydrogen-bond acceptors (Lipinski definition) is 0. The van der Waals surface area contributed by atoms with Crippen LogP contribution in [-0.4, -0.2) is 0 Å². The zero-order valence-electron chi connectivity index (χ0n) is 21.1. The van der Waals surface area contributed by atoms with Gasteiger partial charge in [0, 0.05) is 0 Å². The van der Waals surface area contributed by atoms with Gasteiger partial charge in [-0.25, -0.2) is 0 Å². The standard InChI is InChI=1S/C30H40/c1-18-12-20(3)27(10)29(14-18)24(7)16-22(5)26(9)23(6)17-25(8)30-15-19(2)13-21(4)28(30)11/h12-14,16-17H,15H2,1-11H3/b23-17?,24-16?,26-22?,30-25-. The van der Waals surface area contributed by atoms with Crippen molar-refractivity contribution in [3.63, 3.8) is 0 Å². The molecule has 1 aliphatic carbocycles. The first-order valence-corrected chi connectivity index (χ1v) is 11.1. The molecule has 0 unspecified atom stereocenters. The fourth-order valence-electron chi connectivity index (χ4n) is 4.40. The zero-order chi connectivity index (χ0) is 22.7. The molecule has 1 aliphatic rings. The second-order valence-corrected chi connectivity index (χ2v) is 9.35. The molecule has 0 amide bonds. The molecule has 0 spiro atoms. The predicted molar refractivity (Wildman–Crippen MR) is 136 cm³/mol. The summed E-state index contributed by atoms with van der Waals surface area (Å²) in [6, 6.07) is 4.58. The van der Waals surface area contributed by atoms with Gasteiger partial charge in [-0.2, -0.15) is 0 Å². The molecule has 160 valence electrons. The zero-order valence-corrected chi connectivity index (χ0v) is 21.1. The molecule has 0 fully saturated rings. The van der Waals surface area contributed by atoms with Gasteiger partial charge in [0.1, 0.15) is 0 Å². The average Bonchev–Trinajstić information content (AvgIpc) is 2.66. The van der Waals surface area contributed by atoms with Crippen LogP contribution in [0.4, 0.5) is 0 Å². The Morgan fingerprint density at radius 1 is 0.833 bits per heavy atom. The molecule has 0 radical (unpaired) electrons. The first-order valence-electron chi connectivity index (χ1n) is 11.1. The maximum atomic E-state index is 2.37. The summed E-state index contributed by atoms with van der Waals surface area (Å²) in [6.45, 7) is 24.5. The van der Waals surface area contributed by atoms with Gasteiger partial charge in [-0.1, -0.05) is 41.5 Å². The molecule has 1 aromatic carbocycles. The largest absolute Gasteiger partial charge is 0.0686 e. The highest BCUT2D eigenvalue weighted by Crippen LogP contribution is 2.32. The quantitative estimate of drug-likeness (QED) is 0.442. The summed E-state index contributed by atoms with van der Waals surface area (Å²) in [5.41, 5.74) is 17.9. The summed E-state index contributed by atoms with van der Waals surface area (Å²) in [5.74, 6) is 0. The Morgan fingerprint density at radius 3 is 2.10 bits per heavy atom. The number of benzene rings is 1. The van der Waals surface area contributed by atoms with Crippen molar-refractivity contribution in [2.75, 3.05) is 0 Å². The third-order valence-electron chi connectivity index (χ3n) is 6.72. The molecule has 1 aromatic rings. The Hall–Kier alpha value is -2.34. The van der Waals surface area contributed by atoms with Crippen molar-refractivity contribution in [3.8, 4) is 0 Å². The topological polar surface area (TPSA) is 0 Å². The third kappa shape index (κ3) is 5.42. The van der Waals surface area contributed by atoms with Crippen molar-refractivity contribution in [1.29, 1.82) is 0 Å². The minimum absolute atomic E-state index is 1.06. The van der Waals surface area contributed by atoms with Crippen LogP contribution in [0.3, 0.4) is 0 Å². The Balaban J connectivity index is 2.43. The molecule has 0 aliphatic heterocycles. The van der Waals surface area contributed by atoms with E-state index in [1.54, 1.807) is 0 Å². The van der Waals surface area contributed by atoms with Crippen LogP contribution in [0.1, 0.15) is 84.1 Å². The van der Waals surface area contributed by atoms with Crippen LogP contribution < -0.4 is 0 Å². The van der Waals surface area contributed by atoms with E-state index in [1.165, 1.54) is 72.4 Å². The van der Waals surface area contributed by atoms with Crippen molar-refractivity contribution >= 4 is 5.57 Å². The predicted octanol–water partition coefficient (Wildman–Crippen LogP) is 9.30. The minimum atomic E-state index is 1.06. The summed E-state index contributed by atoms with van der Waals surface area (Å²) >= 11 is 0. The SMILES string of the molecule is CC1=CC(C)=C(C)/C(=C(/C)C=C(C)C(C)=C(C)C=C(C)c2cc(C)cc(C)c2C)C1. The maximum Gasteiger partial charge on any atom is -0.00613 e. The number of allylic oxidation sites excluding steroid dienone is 12. The Bertz CT molecular complexity index is 1040. The lowest BCUT2D eigenvalue weighted by atomic mass is 9.86. The molecule has 30 heavy (non-hydrogen) atoms. The number of rotatable bonds is 4. The fraction of sp³-hybridized carbons (Fsp3) is 0.400. The lowest BCUT2D eigenvalue weighted by molar-refractivity contribution is 1.03. The highest BCUT2D eigenvalue weighted by atomic mass is 14.2. The van der Waals surface area contributed by atoms with E-state index in [-0.39, 0.29) is 0 Å². The highest BCUT2D eigenvalue weighted by Gasteiger charge is 2.13. The lowest BCUT2D eigenvalue weighted by Gasteiger charge is -2.19. The molecule has 0 bridgehead atoms. The molecule has 0 saturated heterocycles. The van der Waals surface area contributed by atoms with Crippen molar-refractivity contribution in [3.05, 3.63) is 97.2 Å². The summed E-state index contributed by atoms with van der Waals surface area (Å²) in [6.07, 6.45) is 8.10. The van der Waals surface area contributed by atoms with Crippen LogP contribution in [0, 0.1) is 20.8 Å². The normalized spacial score (nSPS) is 18.4. The van der Waals surface area contributed by atoms with Crippen molar-refractivity contribution in [2.24, 2.45) is 0 Å². The number of aryl methyl sites for hydroxylation is 2. The molecule has 0 nitrogen and oxygen atoms in total. The lowest BCUT2D eigenvalue weighted by Crippen LogP contribution is -2.00. The Morgan fingerprint density at radius 2 is 1.47 bits per heavy atom. The monoisotopic (exact) mass is 400 g/mol. The van der Waals surface area contributed by atoms with Crippen molar-refractivity contribution in [2.45, 2.75) is 82.6 Å². The maximum absolute atomic E-state index is 2.37. The minimum Gasteiger partial charge on any atom is -0.0686 e. The van der Waals surface area contributed by atoms with Gasteiger partial charge in [0.05, 0.1) is 0 Å². The van der Waals surface area contributed by atoms with Gasteiger partial charge in [0.15, 0.2) is 0 Å². The molecule has 0 heterocycles. The van der Waals surface area contributed by atoms with Gasteiger partial charge in [0.25, 0.3) is 0 Å². The molecule has 2 rings (SSSR count). The van der Waals surface area contributed by atoms with Gasteiger partial charge in [-0.3, -0.25) is 0 Å². The van der Waals surface area contributed by atoms with E-state index < -0.39 is 0 Å². The summed E-state index contributed by atoms with van der Waals surface area (Å²) in [4.78, 5) is 0. The molecule has 0 heteroatoms. The molecular weight excluding hydrogens is 360 g/mol. The van der Waals surface area contributed by atoms with Crippen molar-refractivity contribution < 1.29 is 0 Å². The van der Waals surface area contributed by atoms with Crippen LogP contribution in [0.5, 0.6) is 0 Å². The highest BCUT2D eigenvalue weighted by molar-refractivity contribution is 5.71. The smallest absolute Gasteiger partial charge is 0.00613 e. The first-order chi connectivity index (χ1) is 13.9. The molecule has 0 N–H and O–H groups in total. The van der Waals surface area contributed by atoms with Crippen LogP contribution in [0.2, 0.25) is 0 Å². The van der Waals surface area contributed by atoms with Gasteiger partial charge in [0.2, 0.25) is 0 Å². The Labute approximate surface area is 185 Å². The van der Waals surface area contributed by atoms with Gasteiger partial charge >= 0.3 is 0 Å². The summed E-state index contributed by atoms with van der Waals surface area (Å²) in [7, 11) is 0. The second kappa shape index (κ2) is 9.65. The molecule has 0 saturated carbocycles. The van der Waals surface area contributed by atoms with Crippen LogP contribution in [0.15, 0.2) is 74.9 Å². The number of hydrogen-bond donors (Lipinski definition) is 0. The van der Waals surface area contributed by atoms with Gasteiger partial charge < -0.3 is 0 Å². The van der Waals surface area contributed by atoms with E-state index in [0.29, 0.717) is 0 Å². The van der Waals surface area contributed by atoms with Crippen LogP contribution >= 0.6 is 0 Å². The van der Waals surface area contributed by atoms with E-state index in [9.17, 15) is 0 Å². The second-order valence-electron chi connectivity index (χ2n) is 9.35. The van der Waals surface area contributed by atoms with E-state index in [4.69, 9.17) is 0 Å².